The zero-order valence-corrected chi connectivity index (χ0v) is 9.67. The summed E-state index contributed by atoms with van der Waals surface area (Å²) in [6.07, 6.45) is 0. The van der Waals surface area contributed by atoms with Gasteiger partial charge < -0.3 is 9.84 Å². The minimum atomic E-state index is 0.464. The van der Waals surface area contributed by atoms with Gasteiger partial charge in [0.25, 0.3) is 0 Å². The predicted octanol–water partition coefficient (Wildman–Crippen LogP) is 2.90. The largest absolute Gasteiger partial charge is 0.356 e. The van der Waals surface area contributed by atoms with Crippen LogP contribution >= 0.6 is 11.3 Å². The van der Waals surface area contributed by atoms with Gasteiger partial charge >= 0.3 is 0 Å². The standard InChI is InChI=1S/C11H14N2OS/c1-8(2)12-6-10-5-11(14-13-10)9-3-4-15-7-9/h3-5,7-8,12H,6H2,1-2H3. The Kier molecular flexibility index (Phi) is 3.18. The van der Waals surface area contributed by atoms with Crippen LogP contribution < -0.4 is 5.32 Å². The second-order valence-electron chi connectivity index (χ2n) is 3.73. The lowest BCUT2D eigenvalue weighted by molar-refractivity contribution is 0.417. The third-order valence-corrected chi connectivity index (χ3v) is 2.74. The topological polar surface area (TPSA) is 38.1 Å². The SMILES string of the molecule is CC(C)NCc1cc(-c2ccsc2)on1. The van der Waals surface area contributed by atoms with Gasteiger partial charge in [-0.05, 0) is 11.4 Å². The Hall–Kier alpha value is -1.13. The maximum absolute atomic E-state index is 5.26. The molecule has 0 atom stereocenters. The monoisotopic (exact) mass is 222 g/mol. The van der Waals surface area contributed by atoms with Gasteiger partial charge in [-0.1, -0.05) is 19.0 Å². The van der Waals surface area contributed by atoms with E-state index in [1.54, 1.807) is 11.3 Å². The average Bonchev–Trinajstić information content (AvgIpc) is 2.85. The molecule has 0 saturated heterocycles. The zero-order valence-electron chi connectivity index (χ0n) is 8.86. The highest BCUT2D eigenvalue weighted by molar-refractivity contribution is 7.08. The van der Waals surface area contributed by atoms with Crippen LogP contribution in [0.4, 0.5) is 0 Å². The van der Waals surface area contributed by atoms with Gasteiger partial charge in [0, 0.05) is 29.6 Å². The van der Waals surface area contributed by atoms with Gasteiger partial charge in [0.1, 0.15) is 0 Å². The quantitative estimate of drug-likeness (QED) is 0.864. The van der Waals surface area contributed by atoms with Crippen molar-refractivity contribution in [2.45, 2.75) is 26.4 Å². The summed E-state index contributed by atoms with van der Waals surface area (Å²) in [4.78, 5) is 0. The Morgan fingerprint density at radius 1 is 1.53 bits per heavy atom. The second kappa shape index (κ2) is 4.59. The van der Waals surface area contributed by atoms with Crippen LogP contribution in [-0.4, -0.2) is 11.2 Å². The summed E-state index contributed by atoms with van der Waals surface area (Å²) in [6, 6.07) is 4.48. The van der Waals surface area contributed by atoms with Crippen molar-refractivity contribution in [2.75, 3.05) is 0 Å². The van der Waals surface area contributed by atoms with Gasteiger partial charge in [-0.15, -0.1) is 0 Å². The van der Waals surface area contributed by atoms with Gasteiger partial charge in [0.05, 0.1) is 5.69 Å². The number of hydrogen-bond acceptors (Lipinski definition) is 4. The molecule has 2 aromatic rings. The van der Waals surface area contributed by atoms with Crippen molar-refractivity contribution in [2.24, 2.45) is 0 Å². The minimum Gasteiger partial charge on any atom is -0.356 e. The number of nitrogens with zero attached hydrogens (tertiary/aromatic N) is 1. The van der Waals surface area contributed by atoms with E-state index in [0.717, 1.165) is 23.6 Å². The Morgan fingerprint density at radius 3 is 3.07 bits per heavy atom. The average molecular weight is 222 g/mol. The molecule has 0 fully saturated rings. The molecule has 2 aromatic heterocycles. The number of hydrogen-bond donors (Lipinski definition) is 1. The van der Waals surface area contributed by atoms with Crippen molar-refractivity contribution in [3.05, 3.63) is 28.6 Å². The number of thiophene rings is 1. The van der Waals surface area contributed by atoms with E-state index in [-0.39, 0.29) is 0 Å². The summed E-state index contributed by atoms with van der Waals surface area (Å²) in [5.41, 5.74) is 2.05. The number of nitrogens with one attached hydrogen (secondary N) is 1. The lowest BCUT2D eigenvalue weighted by Gasteiger charge is -2.03. The highest BCUT2D eigenvalue weighted by Gasteiger charge is 2.06. The second-order valence-corrected chi connectivity index (χ2v) is 4.51. The van der Waals surface area contributed by atoms with Crippen LogP contribution in [0, 0.1) is 0 Å². The maximum Gasteiger partial charge on any atom is 0.168 e. The van der Waals surface area contributed by atoms with E-state index < -0.39 is 0 Å². The molecule has 0 aliphatic carbocycles. The van der Waals surface area contributed by atoms with Crippen molar-refractivity contribution in [3.8, 4) is 11.3 Å². The van der Waals surface area contributed by atoms with Crippen LogP contribution in [0.5, 0.6) is 0 Å². The van der Waals surface area contributed by atoms with Crippen molar-refractivity contribution >= 4 is 11.3 Å². The molecule has 0 bridgehead atoms. The maximum atomic E-state index is 5.26. The molecule has 0 aromatic carbocycles. The summed E-state index contributed by atoms with van der Waals surface area (Å²) >= 11 is 1.66. The summed E-state index contributed by atoms with van der Waals surface area (Å²) in [7, 11) is 0. The summed E-state index contributed by atoms with van der Waals surface area (Å²) in [5, 5.41) is 11.4. The summed E-state index contributed by atoms with van der Waals surface area (Å²) in [5.74, 6) is 0.844. The predicted molar refractivity (Wildman–Crippen MR) is 61.8 cm³/mol. The highest BCUT2D eigenvalue weighted by atomic mass is 32.1. The molecule has 0 aliphatic heterocycles. The minimum absolute atomic E-state index is 0.464. The normalized spacial score (nSPS) is 11.1. The molecule has 80 valence electrons. The van der Waals surface area contributed by atoms with E-state index in [0.29, 0.717) is 6.04 Å². The molecule has 15 heavy (non-hydrogen) atoms. The molecule has 4 heteroatoms. The molecule has 3 nitrogen and oxygen atoms in total. The van der Waals surface area contributed by atoms with Crippen LogP contribution in [0.25, 0.3) is 11.3 Å². The van der Waals surface area contributed by atoms with Crippen LogP contribution in [0.15, 0.2) is 27.4 Å². The molecular formula is C11H14N2OS. The first-order valence-electron chi connectivity index (χ1n) is 4.97. The van der Waals surface area contributed by atoms with Crippen LogP contribution in [0.3, 0.4) is 0 Å². The van der Waals surface area contributed by atoms with E-state index in [2.05, 4.69) is 29.7 Å². The molecule has 0 spiro atoms. The fourth-order valence-corrected chi connectivity index (χ4v) is 1.89. The molecule has 1 N–H and O–H groups in total. The number of aromatic nitrogens is 1. The van der Waals surface area contributed by atoms with Crippen LogP contribution in [-0.2, 0) is 6.54 Å². The first-order valence-corrected chi connectivity index (χ1v) is 5.91. The third-order valence-electron chi connectivity index (χ3n) is 2.06. The van der Waals surface area contributed by atoms with Gasteiger partial charge in [0.15, 0.2) is 5.76 Å². The lowest BCUT2D eigenvalue weighted by atomic mass is 10.2. The smallest absolute Gasteiger partial charge is 0.168 e. The molecule has 0 radical (unpaired) electrons. The Balaban J connectivity index is 2.04. The van der Waals surface area contributed by atoms with Gasteiger partial charge in [-0.2, -0.15) is 11.3 Å². The number of rotatable bonds is 4. The molecule has 2 heterocycles. The highest BCUT2D eigenvalue weighted by Crippen LogP contribution is 2.22. The molecule has 0 unspecified atom stereocenters. The third kappa shape index (κ3) is 2.67. The lowest BCUT2D eigenvalue weighted by Crippen LogP contribution is -2.21. The van der Waals surface area contributed by atoms with Gasteiger partial charge in [-0.25, -0.2) is 0 Å². The van der Waals surface area contributed by atoms with Crippen molar-refractivity contribution in [1.82, 2.24) is 10.5 Å². The summed E-state index contributed by atoms with van der Waals surface area (Å²) < 4.78 is 5.26. The molecule has 0 amide bonds. The zero-order chi connectivity index (χ0) is 10.7. The van der Waals surface area contributed by atoms with Gasteiger partial charge in [0.2, 0.25) is 0 Å². The van der Waals surface area contributed by atoms with E-state index in [1.165, 1.54) is 0 Å². The molecular weight excluding hydrogens is 208 g/mol. The van der Waals surface area contributed by atoms with E-state index in [4.69, 9.17) is 4.52 Å². The van der Waals surface area contributed by atoms with Crippen LogP contribution in [0.1, 0.15) is 19.5 Å². The first kappa shape index (κ1) is 10.4. The molecule has 0 saturated carbocycles. The Morgan fingerprint density at radius 2 is 2.40 bits per heavy atom. The first-order chi connectivity index (χ1) is 7.25. The fourth-order valence-electron chi connectivity index (χ4n) is 1.24. The van der Waals surface area contributed by atoms with Gasteiger partial charge in [-0.3, -0.25) is 0 Å². The molecule has 2 rings (SSSR count). The van der Waals surface area contributed by atoms with E-state index in [1.807, 2.05) is 17.5 Å². The Labute approximate surface area is 93.1 Å². The van der Waals surface area contributed by atoms with Crippen molar-refractivity contribution in [1.29, 1.82) is 0 Å². The van der Waals surface area contributed by atoms with Crippen LogP contribution in [0.2, 0.25) is 0 Å². The molecule has 0 aliphatic rings. The van der Waals surface area contributed by atoms with Crippen molar-refractivity contribution in [3.63, 3.8) is 0 Å². The van der Waals surface area contributed by atoms with E-state index in [9.17, 15) is 0 Å². The van der Waals surface area contributed by atoms with E-state index >= 15 is 0 Å². The van der Waals surface area contributed by atoms with Crippen molar-refractivity contribution < 1.29 is 4.52 Å². The summed E-state index contributed by atoms with van der Waals surface area (Å²) in [6.45, 7) is 4.98. The fraction of sp³-hybridized carbons (Fsp3) is 0.364. The Bertz CT molecular complexity index is 406.